The van der Waals surface area contributed by atoms with Gasteiger partial charge in [-0.1, -0.05) is 11.6 Å². The summed E-state index contributed by atoms with van der Waals surface area (Å²) in [7, 11) is -3.98. The summed E-state index contributed by atoms with van der Waals surface area (Å²) in [6, 6.07) is 9.18. The summed E-state index contributed by atoms with van der Waals surface area (Å²) < 4.78 is 56.2. The van der Waals surface area contributed by atoms with Gasteiger partial charge in [0.2, 0.25) is 15.9 Å². The average molecular weight is 423 g/mol. The molecule has 0 radical (unpaired) electrons. The molecule has 2 N–H and O–H groups in total. The van der Waals surface area contributed by atoms with Gasteiger partial charge in [-0.3, -0.25) is 0 Å². The van der Waals surface area contributed by atoms with Gasteiger partial charge >= 0.3 is 29.6 Å². The minimum atomic E-state index is -3.98. The molecule has 3 aromatic rings. The Hall–Kier alpha value is -1.29. The summed E-state index contributed by atoms with van der Waals surface area (Å²) in [5.74, 6) is -1.04. The van der Waals surface area contributed by atoms with Crippen LogP contribution in [0.5, 0.6) is 0 Å². The third kappa shape index (κ3) is 4.77. The first-order valence-electron chi connectivity index (χ1n) is 7.40. The monoisotopic (exact) mass is 422 g/mol. The van der Waals surface area contributed by atoms with Crippen LogP contribution in [0.1, 0.15) is 17.9 Å². The van der Waals surface area contributed by atoms with E-state index in [9.17, 15) is 17.2 Å². The van der Waals surface area contributed by atoms with Crippen molar-refractivity contribution < 1.29 is 21.6 Å². The van der Waals surface area contributed by atoms with Crippen molar-refractivity contribution in [2.45, 2.75) is 12.2 Å². The second-order valence-corrected chi connectivity index (χ2v) is 7.89. The Labute approximate surface area is 181 Å². The zero-order chi connectivity index (χ0) is 19.1. The van der Waals surface area contributed by atoms with Gasteiger partial charge < -0.3 is 4.42 Å². The van der Waals surface area contributed by atoms with Gasteiger partial charge in [0.05, 0.1) is 5.02 Å². The summed E-state index contributed by atoms with van der Waals surface area (Å²) in [4.78, 5) is 4.20. The molecule has 0 aliphatic carbocycles. The number of hydrogen-bond acceptors (Lipinski definition) is 4. The first-order valence-corrected chi connectivity index (χ1v) is 9.39. The summed E-state index contributed by atoms with van der Waals surface area (Å²) in [6.07, 6.45) is 0. The van der Waals surface area contributed by atoms with E-state index < -0.39 is 26.9 Å². The number of nitrogens with two attached hydrogens (primary N) is 1. The van der Waals surface area contributed by atoms with E-state index in [1.165, 1.54) is 43.3 Å². The van der Waals surface area contributed by atoms with Crippen molar-refractivity contribution in [3.8, 4) is 22.8 Å². The van der Waals surface area contributed by atoms with Crippen molar-refractivity contribution in [2.75, 3.05) is 0 Å². The van der Waals surface area contributed by atoms with E-state index in [1.807, 2.05) is 0 Å². The summed E-state index contributed by atoms with van der Waals surface area (Å²) in [5.41, 5.74) is 0.696. The number of sulfonamides is 1. The molecule has 3 rings (SSSR count). The van der Waals surface area contributed by atoms with E-state index in [0.29, 0.717) is 5.56 Å². The summed E-state index contributed by atoms with van der Waals surface area (Å²) in [5, 5.41) is 3.94. The van der Waals surface area contributed by atoms with E-state index in [-0.39, 0.29) is 57.5 Å². The fourth-order valence-electron chi connectivity index (χ4n) is 2.32. The standard InChI is InChI=1S/C17H13ClF2N2O3S.Na.H/c1-9(26(21,23)24)15-16(11-4-7-13(18)14(20)8-11)25-17(22-15)10-2-5-12(19)6-3-10;;/h2-9H,1H3,(H2,21,23,24);;. The SMILES string of the molecule is CC(c1nc(-c2ccc(F)cc2)oc1-c1ccc(Cl)c(F)c1)S(N)(=O)=O.[NaH]. The van der Waals surface area contributed by atoms with Crippen molar-refractivity contribution in [1.82, 2.24) is 4.98 Å². The number of benzene rings is 2. The normalized spacial score (nSPS) is 12.5. The summed E-state index contributed by atoms with van der Waals surface area (Å²) in [6.45, 7) is 1.34. The zero-order valence-corrected chi connectivity index (χ0v) is 15.0. The number of oxazole rings is 1. The third-order valence-electron chi connectivity index (χ3n) is 3.80. The van der Waals surface area contributed by atoms with Crippen molar-refractivity contribution >= 4 is 51.2 Å². The number of rotatable bonds is 4. The van der Waals surface area contributed by atoms with Crippen molar-refractivity contribution in [1.29, 1.82) is 0 Å². The quantitative estimate of drug-likeness (QED) is 0.650. The second-order valence-electron chi connectivity index (χ2n) is 5.60. The Morgan fingerprint density at radius 3 is 2.26 bits per heavy atom. The number of halogens is 3. The zero-order valence-electron chi connectivity index (χ0n) is 13.4. The molecule has 27 heavy (non-hydrogen) atoms. The molecule has 0 fully saturated rings. The van der Waals surface area contributed by atoms with E-state index in [0.717, 1.165) is 6.07 Å². The molecule has 5 nitrogen and oxygen atoms in total. The van der Waals surface area contributed by atoms with Gasteiger partial charge in [0.1, 0.15) is 22.6 Å². The molecule has 1 unspecified atom stereocenters. The maximum atomic E-state index is 13.8. The van der Waals surface area contributed by atoms with E-state index >= 15 is 0 Å². The molecule has 0 saturated heterocycles. The van der Waals surface area contributed by atoms with Gasteiger partial charge in [-0.25, -0.2) is 27.3 Å². The fraction of sp³-hybridized carbons (Fsp3) is 0.118. The Bertz CT molecular complexity index is 1070. The van der Waals surface area contributed by atoms with Gasteiger partial charge in [-0.05, 0) is 49.4 Å². The second kappa shape index (κ2) is 8.38. The predicted octanol–water partition coefficient (Wildman–Crippen LogP) is 3.64. The number of aromatic nitrogens is 1. The van der Waals surface area contributed by atoms with Gasteiger partial charge in [-0.15, -0.1) is 0 Å². The average Bonchev–Trinajstić information content (AvgIpc) is 3.01. The molecular formula is C17H14ClF2N2NaO3S. The number of primary sulfonamides is 1. The molecule has 138 valence electrons. The van der Waals surface area contributed by atoms with Crippen molar-refractivity contribution in [3.05, 3.63) is 64.8 Å². The van der Waals surface area contributed by atoms with Crippen molar-refractivity contribution in [3.63, 3.8) is 0 Å². The van der Waals surface area contributed by atoms with Crippen molar-refractivity contribution in [2.24, 2.45) is 5.14 Å². The maximum absolute atomic E-state index is 13.8. The molecule has 0 aliphatic heterocycles. The molecule has 0 spiro atoms. The molecule has 10 heteroatoms. The van der Waals surface area contributed by atoms with E-state index in [4.69, 9.17) is 21.2 Å². The summed E-state index contributed by atoms with van der Waals surface area (Å²) >= 11 is 5.69. The molecule has 0 aliphatic rings. The molecule has 0 amide bonds. The van der Waals surface area contributed by atoms with Crippen LogP contribution in [0.4, 0.5) is 8.78 Å². The number of nitrogens with zero attached hydrogens (tertiary/aromatic N) is 1. The molecule has 1 heterocycles. The Morgan fingerprint density at radius 1 is 1.11 bits per heavy atom. The van der Waals surface area contributed by atoms with Crippen LogP contribution >= 0.6 is 11.6 Å². The van der Waals surface area contributed by atoms with Crippen LogP contribution in [0.15, 0.2) is 46.9 Å². The van der Waals surface area contributed by atoms with E-state index in [1.54, 1.807) is 0 Å². The van der Waals surface area contributed by atoms with Crippen LogP contribution in [-0.4, -0.2) is 43.0 Å². The van der Waals surface area contributed by atoms with Gasteiger partial charge in [0.15, 0.2) is 5.76 Å². The van der Waals surface area contributed by atoms with Crippen LogP contribution < -0.4 is 5.14 Å². The number of hydrogen-bond donors (Lipinski definition) is 1. The molecule has 0 saturated carbocycles. The van der Waals surface area contributed by atoms with Gasteiger partial charge in [0, 0.05) is 11.1 Å². The Morgan fingerprint density at radius 2 is 1.70 bits per heavy atom. The predicted molar refractivity (Wildman–Crippen MR) is 101 cm³/mol. The Balaban J connectivity index is 0.00000261. The molecule has 2 aromatic carbocycles. The van der Waals surface area contributed by atoms with Gasteiger partial charge in [0.25, 0.3) is 0 Å². The molecular weight excluding hydrogens is 409 g/mol. The molecule has 0 bridgehead atoms. The molecule has 1 atom stereocenters. The first-order chi connectivity index (χ1) is 12.2. The van der Waals surface area contributed by atoms with Crippen LogP contribution in [0, 0.1) is 11.6 Å². The van der Waals surface area contributed by atoms with Crippen LogP contribution in [0.25, 0.3) is 22.8 Å². The van der Waals surface area contributed by atoms with Crippen LogP contribution in [0.2, 0.25) is 5.02 Å². The minimum absolute atomic E-state index is 0. The van der Waals surface area contributed by atoms with Crippen LogP contribution in [-0.2, 0) is 10.0 Å². The fourth-order valence-corrected chi connectivity index (χ4v) is 2.91. The van der Waals surface area contributed by atoms with E-state index in [2.05, 4.69) is 4.98 Å². The topological polar surface area (TPSA) is 86.2 Å². The van der Waals surface area contributed by atoms with Crippen LogP contribution in [0.3, 0.4) is 0 Å². The first kappa shape index (κ1) is 22.0. The molecule has 1 aromatic heterocycles. The van der Waals surface area contributed by atoms with Gasteiger partial charge in [-0.2, -0.15) is 0 Å². The third-order valence-corrected chi connectivity index (χ3v) is 5.32. The Kier molecular flexibility index (Phi) is 6.83.